The Labute approximate surface area is 197 Å². The normalized spacial score (nSPS) is 25.3. The molecule has 11 nitrogen and oxygen atoms in total. The summed E-state index contributed by atoms with van der Waals surface area (Å²) in [6.07, 6.45) is 6.16. The van der Waals surface area contributed by atoms with Crippen LogP contribution in [0, 0.1) is 0 Å². The number of rotatable bonds is 7. The molecule has 5 rings (SSSR count). The maximum Gasteiger partial charge on any atom is 0.407 e. The molecular weight excluding hydrogens is 440 g/mol. The van der Waals surface area contributed by atoms with Gasteiger partial charge in [-0.05, 0) is 51.0 Å². The molecule has 3 aliphatic rings. The first-order valence-corrected chi connectivity index (χ1v) is 11.9. The number of methoxy groups -OCH3 is 1. The molecule has 11 heteroatoms. The van der Waals surface area contributed by atoms with Crippen LogP contribution in [0.15, 0.2) is 12.1 Å². The van der Waals surface area contributed by atoms with E-state index in [9.17, 15) is 9.59 Å². The molecule has 3 heterocycles. The van der Waals surface area contributed by atoms with Crippen molar-refractivity contribution in [2.24, 2.45) is 7.05 Å². The second-order valence-corrected chi connectivity index (χ2v) is 9.67. The summed E-state index contributed by atoms with van der Waals surface area (Å²) in [5, 5.41) is 17.3. The van der Waals surface area contributed by atoms with Gasteiger partial charge in [-0.1, -0.05) is 0 Å². The van der Waals surface area contributed by atoms with Crippen molar-refractivity contribution < 1.29 is 23.8 Å². The number of alkyl carbamates (subject to hydrolysis) is 1. The van der Waals surface area contributed by atoms with Crippen LogP contribution in [0.25, 0.3) is 0 Å². The number of carbonyl (C=O) groups is 2. The van der Waals surface area contributed by atoms with Crippen LogP contribution in [0.4, 0.5) is 10.6 Å². The third kappa shape index (κ3) is 4.80. The summed E-state index contributed by atoms with van der Waals surface area (Å²) >= 11 is 0. The van der Waals surface area contributed by atoms with Crippen molar-refractivity contribution in [3.63, 3.8) is 0 Å². The number of hydrogen-bond acceptors (Lipinski definition) is 7. The van der Waals surface area contributed by atoms with Gasteiger partial charge in [-0.15, -0.1) is 0 Å². The van der Waals surface area contributed by atoms with Crippen molar-refractivity contribution in [2.75, 3.05) is 19.0 Å². The summed E-state index contributed by atoms with van der Waals surface area (Å²) < 4.78 is 18.2. The molecule has 1 aliphatic heterocycles. The third-order valence-electron chi connectivity index (χ3n) is 7.19. The summed E-state index contributed by atoms with van der Waals surface area (Å²) in [6, 6.07) is 3.57. The van der Waals surface area contributed by atoms with E-state index in [-0.39, 0.29) is 35.7 Å². The van der Waals surface area contributed by atoms with Gasteiger partial charge in [0.2, 0.25) is 0 Å². The van der Waals surface area contributed by atoms with Crippen molar-refractivity contribution in [3.8, 4) is 0 Å². The zero-order valence-electron chi connectivity index (χ0n) is 19.6. The molecule has 0 radical (unpaired) electrons. The number of aromatic nitrogens is 4. The molecule has 1 saturated heterocycles. The molecule has 3 fully saturated rings. The molecule has 3 N–H and O–H groups in total. The van der Waals surface area contributed by atoms with Gasteiger partial charge in [0.05, 0.1) is 30.6 Å². The second-order valence-electron chi connectivity index (χ2n) is 9.67. The fraction of sp³-hybridized carbons (Fsp3) is 0.652. The Kier molecular flexibility index (Phi) is 6.30. The molecule has 2 saturated carbocycles. The predicted molar refractivity (Wildman–Crippen MR) is 121 cm³/mol. The van der Waals surface area contributed by atoms with Gasteiger partial charge < -0.3 is 24.8 Å². The topological polar surface area (TPSA) is 132 Å². The van der Waals surface area contributed by atoms with Crippen LogP contribution in [-0.2, 0) is 27.9 Å². The number of H-pyrrole nitrogens is 1. The Balaban J connectivity index is 1.10. The molecule has 0 unspecified atom stereocenters. The number of ether oxygens (including phenoxy) is 3. The first-order chi connectivity index (χ1) is 16.4. The number of aromatic amines is 1. The van der Waals surface area contributed by atoms with Gasteiger partial charge in [-0.3, -0.25) is 14.6 Å². The number of aryl methyl sites for hydroxylation is 1. The molecule has 2 aliphatic carbocycles. The van der Waals surface area contributed by atoms with Gasteiger partial charge in [0.15, 0.2) is 5.82 Å². The zero-order valence-corrected chi connectivity index (χ0v) is 19.6. The van der Waals surface area contributed by atoms with Crippen LogP contribution in [0.3, 0.4) is 0 Å². The van der Waals surface area contributed by atoms with Crippen LogP contribution in [0.1, 0.15) is 72.7 Å². The highest BCUT2D eigenvalue weighted by molar-refractivity contribution is 6.02. The number of hydrogen-bond donors (Lipinski definition) is 3. The largest absolute Gasteiger partial charge is 0.446 e. The first-order valence-electron chi connectivity index (χ1n) is 11.9. The average Bonchev–Trinajstić information content (AvgIpc) is 3.54. The number of anilines is 1. The van der Waals surface area contributed by atoms with Gasteiger partial charge >= 0.3 is 6.09 Å². The van der Waals surface area contributed by atoms with Gasteiger partial charge in [0.1, 0.15) is 11.8 Å². The lowest BCUT2D eigenvalue weighted by molar-refractivity contribution is -0.0563. The molecular formula is C23H32N6O5. The molecule has 3 atom stereocenters. The van der Waals surface area contributed by atoms with Crippen molar-refractivity contribution in [3.05, 3.63) is 29.2 Å². The minimum absolute atomic E-state index is 0.00704. The van der Waals surface area contributed by atoms with E-state index in [2.05, 4.69) is 25.9 Å². The second kappa shape index (κ2) is 9.38. The summed E-state index contributed by atoms with van der Waals surface area (Å²) in [5.74, 6) is 0.344. The summed E-state index contributed by atoms with van der Waals surface area (Å²) in [5.41, 5.74) is 2.03. The van der Waals surface area contributed by atoms with E-state index in [0.717, 1.165) is 44.2 Å². The van der Waals surface area contributed by atoms with Crippen molar-refractivity contribution >= 4 is 17.8 Å². The molecule has 2 aromatic heterocycles. The lowest BCUT2D eigenvalue weighted by Gasteiger charge is -2.37. The standard InChI is InChI=1S/C23H32N6O5/c1-29-19(9-15(28-29)12-32-2)21(30)25-20-10-18(26-27-20)14-4-5-17(8-14)34-22(31)24-16-11-23(33-13-16)6-3-7-23/h9-10,14,16-17H,3-8,11-13H2,1-2H3,(H,24,31)(H2,25,26,27,30)/t14-,16+,17+/m0/s1. The number of nitrogens with zero attached hydrogens (tertiary/aromatic N) is 3. The minimum Gasteiger partial charge on any atom is -0.446 e. The SMILES string of the molecule is COCc1cc(C(=O)Nc2cc([C@H]3CC[C@@H](OC(=O)N[C@H]4COC5(CCC5)C4)C3)[nH]n2)n(C)n1. The highest BCUT2D eigenvalue weighted by Gasteiger charge is 2.45. The van der Waals surface area contributed by atoms with Crippen molar-refractivity contribution in [1.29, 1.82) is 0 Å². The van der Waals surface area contributed by atoms with Crippen LogP contribution in [-0.4, -0.2) is 63.4 Å². The molecule has 2 amide bonds. The highest BCUT2D eigenvalue weighted by atomic mass is 16.6. The van der Waals surface area contributed by atoms with Crippen molar-refractivity contribution in [2.45, 2.75) is 75.2 Å². The van der Waals surface area contributed by atoms with Gasteiger partial charge in [-0.2, -0.15) is 10.2 Å². The molecule has 0 aromatic carbocycles. The fourth-order valence-corrected chi connectivity index (χ4v) is 5.29. The lowest BCUT2D eigenvalue weighted by atomic mass is 9.77. The van der Waals surface area contributed by atoms with Gasteiger partial charge in [0.25, 0.3) is 5.91 Å². The maximum absolute atomic E-state index is 12.6. The Morgan fingerprint density at radius 3 is 2.91 bits per heavy atom. The number of amides is 2. The number of nitrogens with one attached hydrogen (secondary N) is 3. The molecule has 2 aromatic rings. The molecule has 1 spiro atoms. The third-order valence-corrected chi connectivity index (χ3v) is 7.19. The van der Waals surface area contributed by atoms with E-state index >= 15 is 0 Å². The Hall–Kier alpha value is -2.92. The monoisotopic (exact) mass is 472 g/mol. The van der Waals surface area contributed by atoms with Gasteiger partial charge in [0, 0.05) is 31.8 Å². The molecule has 0 bridgehead atoms. The van der Waals surface area contributed by atoms with Crippen LogP contribution >= 0.6 is 0 Å². The molecule has 34 heavy (non-hydrogen) atoms. The van der Waals surface area contributed by atoms with Crippen LogP contribution in [0.5, 0.6) is 0 Å². The van der Waals surface area contributed by atoms with E-state index in [1.165, 1.54) is 11.1 Å². The van der Waals surface area contributed by atoms with Crippen LogP contribution in [0.2, 0.25) is 0 Å². The van der Waals surface area contributed by atoms with E-state index in [0.29, 0.717) is 30.4 Å². The van der Waals surface area contributed by atoms with E-state index in [4.69, 9.17) is 14.2 Å². The average molecular weight is 473 g/mol. The smallest absolute Gasteiger partial charge is 0.407 e. The summed E-state index contributed by atoms with van der Waals surface area (Å²) in [4.78, 5) is 25.0. The Bertz CT molecular complexity index is 1040. The minimum atomic E-state index is -0.364. The molecule has 184 valence electrons. The van der Waals surface area contributed by atoms with E-state index < -0.39 is 0 Å². The fourth-order valence-electron chi connectivity index (χ4n) is 5.29. The van der Waals surface area contributed by atoms with Crippen molar-refractivity contribution in [1.82, 2.24) is 25.3 Å². The highest BCUT2D eigenvalue weighted by Crippen LogP contribution is 2.43. The first kappa shape index (κ1) is 22.9. The Morgan fingerprint density at radius 1 is 1.32 bits per heavy atom. The quantitative estimate of drug-likeness (QED) is 0.564. The van der Waals surface area contributed by atoms with E-state index in [1.807, 2.05) is 6.07 Å². The van der Waals surface area contributed by atoms with Gasteiger partial charge in [-0.25, -0.2) is 4.79 Å². The van der Waals surface area contributed by atoms with Crippen LogP contribution < -0.4 is 10.6 Å². The van der Waals surface area contributed by atoms with E-state index in [1.54, 1.807) is 20.2 Å². The lowest BCUT2D eigenvalue weighted by Crippen LogP contribution is -2.40. The number of carbonyl (C=O) groups excluding carboxylic acids is 2. The Morgan fingerprint density at radius 2 is 2.18 bits per heavy atom. The summed E-state index contributed by atoms with van der Waals surface area (Å²) in [6.45, 7) is 0.906. The summed E-state index contributed by atoms with van der Waals surface area (Å²) in [7, 11) is 3.29. The maximum atomic E-state index is 12.6. The predicted octanol–water partition coefficient (Wildman–Crippen LogP) is 2.62. The zero-order chi connectivity index (χ0) is 23.7.